The van der Waals surface area contributed by atoms with Crippen LogP contribution >= 0.6 is 0 Å². The van der Waals surface area contributed by atoms with Gasteiger partial charge >= 0.3 is 5.97 Å². The molecule has 2 saturated heterocycles. The number of nitrogens with zero attached hydrogens (tertiary/aromatic N) is 1. The topological polar surface area (TPSA) is 116 Å². The van der Waals surface area contributed by atoms with E-state index in [9.17, 15) is 14.7 Å². The van der Waals surface area contributed by atoms with Crippen molar-refractivity contribution in [1.82, 2.24) is 4.90 Å². The third kappa shape index (κ3) is 3.37. The van der Waals surface area contributed by atoms with E-state index >= 15 is 0 Å². The number of carbonyl (C=O) groups is 2. The Morgan fingerprint density at radius 3 is 2.80 bits per heavy atom. The van der Waals surface area contributed by atoms with Crippen LogP contribution in [-0.4, -0.2) is 86.9 Å². The summed E-state index contributed by atoms with van der Waals surface area (Å²) in [7, 11) is 4.99. The minimum Gasteiger partial charge on any atom is -0.493 e. The number of carbonyl (C=O) groups excluding carboxylic acids is 2. The van der Waals surface area contributed by atoms with Gasteiger partial charge in [0.05, 0.1) is 24.8 Å². The summed E-state index contributed by atoms with van der Waals surface area (Å²) in [6, 6.07) is 3.57. The van der Waals surface area contributed by atoms with Crippen molar-refractivity contribution in [3.63, 3.8) is 0 Å². The second-order valence-corrected chi connectivity index (χ2v) is 10.1. The number of hydrogen-bond donors (Lipinski definition) is 2. The lowest BCUT2D eigenvalue weighted by Crippen LogP contribution is -2.69. The molecule has 0 unspecified atom stereocenters. The molecule has 0 amide bonds. The van der Waals surface area contributed by atoms with Gasteiger partial charge in [0.2, 0.25) is 6.29 Å². The van der Waals surface area contributed by atoms with Crippen molar-refractivity contribution in [1.29, 1.82) is 0 Å². The molecule has 1 aromatic carbocycles. The highest BCUT2D eigenvalue weighted by Gasteiger charge is 2.75. The first-order valence-electron chi connectivity index (χ1n) is 12.1. The molecular formula is C25H34N2O8. The van der Waals surface area contributed by atoms with E-state index in [0.717, 1.165) is 13.0 Å². The number of Topliss-reactive ketones (excluding diaryl/α,β-unsaturated/α-hetero) is 1. The van der Waals surface area contributed by atoms with E-state index in [2.05, 4.69) is 10.2 Å². The van der Waals surface area contributed by atoms with E-state index in [1.807, 2.05) is 20.0 Å². The van der Waals surface area contributed by atoms with Gasteiger partial charge in [-0.2, -0.15) is 0 Å². The van der Waals surface area contributed by atoms with E-state index < -0.39 is 29.5 Å². The molecule has 192 valence electrons. The molecule has 0 radical (unpaired) electrons. The van der Waals surface area contributed by atoms with Gasteiger partial charge < -0.3 is 39.0 Å². The second-order valence-electron chi connectivity index (χ2n) is 10.1. The Morgan fingerprint density at radius 2 is 2.11 bits per heavy atom. The highest BCUT2D eigenvalue weighted by Crippen LogP contribution is 2.64. The van der Waals surface area contributed by atoms with Gasteiger partial charge in [0.25, 0.3) is 0 Å². The van der Waals surface area contributed by atoms with Gasteiger partial charge in [-0.3, -0.25) is 9.59 Å². The molecule has 10 nitrogen and oxygen atoms in total. The lowest BCUT2D eigenvalue weighted by molar-refractivity contribution is -0.161. The molecule has 5 rings (SSSR count). The predicted molar refractivity (Wildman–Crippen MR) is 124 cm³/mol. The first-order chi connectivity index (χ1) is 16.7. The van der Waals surface area contributed by atoms with Gasteiger partial charge in [-0.05, 0) is 51.5 Å². The fourth-order valence-electron chi connectivity index (χ4n) is 6.60. The summed E-state index contributed by atoms with van der Waals surface area (Å²) in [6.45, 7) is 4.58. The Balaban J connectivity index is 1.65. The van der Waals surface area contributed by atoms with Crippen LogP contribution in [0.15, 0.2) is 12.1 Å². The Bertz CT molecular complexity index is 1030. The molecular weight excluding hydrogens is 456 g/mol. The number of fused-ring (bicyclic) bond motifs is 2. The van der Waals surface area contributed by atoms with Crippen LogP contribution in [0.25, 0.3) is 0 Å². The summed E-state index contributed by atoms with van der Waals surface area (Å²) < 4.78 is 28.4. The third-order valence-electron chi connectivity index (χ3n) is 8.27. The van der Waals surface area contributed by atoms with Crippen molar-refractivity contribution in [2.45, 2.75) is 56.3 Å². The molecule has 3 fully saturated rings. The summed E-state index contributed by atoms with van der Waals surface area (Å²) in [5, 5.41) is 15.7. The van der Waals surface area contributed by atoms with Crippen LogP contribution in [0.4, 0.5) is 5.69 Å². The molecule has 4 aliphatic rings. The zero-order valence-electron chi connectivity index (χ0n) is 20.8. The Kier molecular flexibility index (Phi) is 5.98. The van der Waals surface area contributed by atoms with Crippen LogP contribution in [0.1, 0.15) is 32.3 Å². The number of ketones is 1. The number of rotatable bonds is 6. The Hall–Kier alpha value is -2.40. The molecule has 1 aliphatic carbocycles. The summed E-state index contributed by atoms with van der Waals surface area (Å²) in [5.74, 6) is -0.166. The van der Waals surface area contributed by atoms with E-state index in [4.69, 9.17) is 23.7 Å². The van der Waals surface area contributed by atoms with Gasteiger partial charge in [0, 0.05) is 20.0 Å². The first-order valence-corrected chi connectivity index (χ1v) is 12.1. The number of hydrogen-bond acceptors (Lipinski definition) is 10. The summed E-state index contributed by atoms with van der Waals surface area (Å²) in [4.78, 5) is 27.9. The molecule has 3 aliphatic heterocycles. The van der Waals surface area contributed by atoms with Gasteiger partial charge in [-0.25, -0.2) is 0 Å². The van der Waals surface area contributed by atoms with E-state index in [0.29, 0.717) is 30.0 Å². The average molecular weight is 491 g/mol. The maximum absolute atomic E-state index is 14.3. The van der Waals surface area contributed by atoms with E-state index in [1.165, 1.54) is 21.1 Å². The molecule has 2 N–H and O–H groups in total. The lowest BCUT2D eigenvalue weighted by Gasteiger charge is -2.49. The number of ether oxygens (including phenoxy) is 5. The lowest BCUT2D eigenvalue weighted by atomic mass is 9.56. The molecule has 7 atom stereocenters. The second kappa shape index (κ2) is 8.62. The van der Waals surface area contributed by atoms with Gasteiger partial charge in [-0.1, -0.05) is 6.07 Å². The monoisotopic (exact) mass is 490 g/mol. The molecule has 3 heterocycles. The van der Waals surface area contributed by atoms with Crippen LogP contribution in [0.2, 0.25) is 0 Å². The van der Waals surface area contributed by atoms with Gasteiger partial charge in [-0.15, -0.1) is 0 Å². The minimum atomic E-state index is -1.65. The van der Waals surface area contributed by atoms with Crippen molar-refractivity contribution < 1.29 is 38.4 Å². The van der Waals surface area contributed by atoms with Crippen LogP contribution in [0, 0.1) is 11.8 Å². The number of aliphatic hydroxyl groups is 1. The number of benzene rings is 1. The van der Waals surface area contributed by atoms with Crippen LogP contribution in [0.5, 0.6) is 11.5 Å². The number of nitrogens with one attached hydrogen (secondary N) is 1. The SMILES string of the molecule is COc1ccc2c(c1O[C@@H](COC(C)=O)OC)N[C@]1(O)[C@@H]3O[C@H](C)[C@@H]4C(=O)[C@]21CCN(C)CC[C@@H]43. The van der Waals surface area contributed by atoms with Gasteiger partial charge in [0.1, 0.15) is 11.5 Å². The average Bonchev–Trinajstić information content (AvgIpc) is 3.30. The van der Waals surface area contributed by atoms with E-state index in [1.54, 1.807) is 6.07 Å². The molecule has 1 saturated carbocycles. The number of methoxy groups -OCH3 is 2. The molecule has 1 spiro atoms. The van der Waals surface area contributed by atoms with Crippen molar-refractivity contribution in [2.75, 3.05) is 46.3 Å². The summed E-state index contributed by atoms with van der Waals surface area (Å²) >= 11 is 0. The minimum absolute atomic E-state index is 0.00659. The third-order valence-corrected chi connectivity index (χ3v) is 8.27. The molecule has 1 aromatic rings. The molecule has 4 bridgehead atoms. The number of anilines is 1. The number of esters is 1. The van der Waals surface area contributed by atoms with Crippen LogP contribution in [-0.2, 0) is 29.2 Å². The quantitative estimate of drug-likeness (QED) is 0.446. The van der Waals surface area contributed by atoms with Crippen molar-refractivity contribution in [3.05, 3.63) is 17.7 Å². The Labute approximate surface area is 204 Å². The maximum Gasteiger partial charge on any atom is 0.302 e. The van der Waals surface area contributed by atoms with Gasteiger partial charge in [0.15, 0.2) is 29.6 Å². The van der Waals surface area contributed by atoms with Crippen molar-refractivity contribution in [2.24, 2.45) is 11.8 Å². The molecule has 0 aromatic heterocycles. The largest absolute Gasteiger partial charge is 0.493 e. The fourth-order valence-corrected chi connectivity index (χ4v) is 6.60. The molecule has 35 heavy (non-hydrogen) atoms. The maximum atomic E-state index is 14.3. The van der Waals surface area contributed by atoms with Crippen LogP contribution in [0.3, 0.4) is 0 Å². The Morgan fingerprint density at radius 1 is 1.34 bits per heavy atom. The van der Waals surface area contributed by atoms with Crippen LogP contribution < -0.4 is 14.8 Å². The smallest absolute Gasteiger partial charge is 0.302 e. The zero-order chi connectivity index (χ0) is 25.1. The summed E-state index contributed by atoms with van der Waals surface area (Å²) in [6.07, 6.45) is -0.554. The highest BCUT2D eigenvalue weighted by molar-refractivity contribution is 6.01. The van der Waals surface area contributed by atoms with Crippen molar-refractivity contribution >= 4 is 17.4 Å². The highest BCUT2D eigenvalue weighted by atomic mass is 16.7. The normalized spacial score (nSPS) is 36.3. The van der Waals surface area contributed by atoms with Crippen molar-refractivity contribution in [3.8, 4) is 11.5 Å². The predicted octanol–water partition coefficient (Wildman–Crippen LogP) is 1.29. The summed E-state index contributed by atoms with van der Waals surface area (Å²) in [5.41, 5.74) is -1.73. The first kappa shape index (κ1) is 24.3. The zero-order valence-corrected chi connectivity index (χ0v) is 20.8. The fraction of sp³-hybridized carbons (Fsp3) is 0.680. The standard InChI is InChI=1S/C25H34N2O8/c1-13-19-15-8-10-27(3)11-9-24(22(19)29)16-6-7-17(31-4)21(35-18(32-5)12-33-14(2)28)20(16)26-25(24,30)23(15)34-13/h6-7,13,15,18-19,23,26,30H,8-12H2,1-5H3/t13-,15+,18+,19+,23-,24+,25+/m1/s1. The molecule has 10 heteroatoms. The van der Waals surface area contributed by atoms with E-state index in [-0.39, 0.29) is 36.1 Å².